The van der Waals surface area contributed by atoms with E-state index in [1.165, 1.54) is 78.3 Å². The Labute approximate surface area is 152 Å². The Kier molecular flexibility index (Phi) is 11.2. The van der Waals surface area contributed by atoms with Crippen LogP contribution in [0, 0.1) is 5.92 Å². The van der Waals surface area contributed by atoms with E-state index in [9.17, 15) is 0 Å². The second-order valence-corrected chi connectivity index (χ2v) is 7.61. The average molecular weight is 341 g/mol. The molecule has 4 nitrogen and oxygen atoms in total. The van der Waals surface area contributed by atoms with Crippen LogP contribution in [0.2, 0.25) is 0 Å². The number of rotatable bonds is 7. The number of hydrogen-bond acceptors (Lipinski definition) is 4. The first kappa shape index (κ1) is 21.9. The van der Waals surface area contributed by atoms with Crippen LogP contribution in [0.25, 0.3) is 0 Å². The van der Waals surface area contributed by atoms with E-state index in [1.54, 1.807) is 0 Å². The highest BCUT2D eigenvalue weighted by Crippen LogP contribution is 2.19. The number of nitrogens with zero attached hydrogens (tertiary/aromatic N) is 4. The van der Waals surface area contributed by atoms with Gasteiger partial charge in [-0.15, -0.1) is 0 Å². The van der Waals surface area contributed by atoms with Crippen molar-refractivity contribution in [3.8, 4) is 0 Å². The second-order valence-electron chi connectivity index (χ2n) is 7.61. The van der Waals surface area contributed by atoms with Gasteiger partial charge in [0.25, 0.3) is 0 Å². The van der Waals surface area contributed by atoms with Gasteiger partial charge in [-0.25, -0.2) is 0 Å². The fraction of sp³-hybridized carbons (Fsp3) is 1.00. The van der Waals surface area contributed by atoms with Crippen molar-refractivity contribution in [2.75, 3.05) is 72.5 Å². The van der Waals surface area contributed by atoms with Gasteiger partial charge in [0.05, 0.1) is 0 Å². The van der Waals surface area contributed by atoms with Crippen molar-refractivity contribution in [3.05, 3.63) is 0 Å². The van der Waals surface area contributed by atoms with Gasteiger partial charge >= 0.3 is 0 Å². The zero-order chi connectivity index (χ0) is 17.9. The molecule has 2 heterocycles. The van der Waals surface area contributed by atoms with E-state index < -0.39 is 0 Å². The largest absolute Gasteiger partial charge is 0.305 e. The maximum atomic E-state index is 2.71. The summed E-state index contributed by atoms with van der Waals surface area (Å²) < 4.78 is 0. The lowest BCUT2D eigenvalue weighted by molar-refractivity contribution is 0.0797. The molecule has 2 fully saturated rings. The normalized spacial score (nSPS) is 22.0. The molecule has 0 bridgehead atoms. The summed E-state index contributed by atoms with van der Waals surface area (Å²) in [5.74, 6) is 0.936. The minimum absolute atomic E-state index is 0.714. The second kappa shape index (κ2) is 12.2. The molecule has 0 radical (unpaired) electrons. The smallest absolute Gasteiger partial charge is 0.0113 e. The number of piperidine rings is 1. The predicted molar refractivity (Wildman–Crippen MR) is 107 cm³/mol. The van der Waals surface area contributed by atoms with Crippen LogP contribution in [-0.4, -0.2) is 98.1 Å². The lowest BCUT2D eigenvalue weighted by Crippen LogP contribution is -2.50. The summed E-state index contributed by atoms with van der Waals surface area (Å²) in [6.45, 7) is 23.6. The highest BCUT2D eigenvalue weighted by atomic mass is 15.3. The maximum absolute atomic E-state index is 2.71. The van der Waals surface area contributed by atoms with Gasteiger partial charge in [0, 0.05) is 51.9 Å². The Morgan fingerprint density at radius 3 is 2.00 bits per heavy atom. The van der Waals surface area contributed by atoms with Crippen molar-refractivity contribution >= 4 is 0 Å². The summed E-state index contributed by atoms with van der Waals surface area (Å²) in [6, 6.07) is 0.714. The Balaban J connectivity index is 0.00000139. The summed E-state index contributed by atoms with van der Waals surface area (Å²) in [5.41, 5.74) is 0. The van der Waals surface area contributed by atoms with Gasteiger partial charge in [0.15, 0.2) is 0 Å². The molecule has 0 aromatic heterocycles. The molecule has 0 atom stereocenters. The van der Waals surface area contributed by atoms with Crippen LogP contribution in [0.1, 0.15) is 47.5 Å². The number of hydrogen-bond donors (Lipinski definition) is 0. The third-order valence-electron chi connectivity index (χ3n) is 5.70. The van der Waals surface area contributed by atoms with Crippen molar-refractivity contribution in [1.82, 2.24) is 19.6 Å². The van der Waals surface area contributed by atoms with E-state index in [2.05, 4.69) is 47.4 Å². The first-order valence-electron chi connectivity index (χ1n) is 10.5. The summed E-state index contributed by atoms with van der Waals surface area (Å²) >= 11 is 0. The summed E-state index contributed by atoms with van der Waals surface area (Å²) in [7, 11) is 2.23. The quantitative estimate of drug-likeness (QED) is 0.706. The third kappa shape index (κ3) is 7.81. The molecule has 0 aromatic carbocycles. The highest BCUT2D eigenvalue weighted by Gasteiger charge is 2.24. The molecular weight excluding hydrogens is 296 g/mol. The first-order valence-corrected chi connectivity index (χ1v) is 10.5. The van der Waals surface area contributed by atoms with Gasteiger partial charge in [-0.2, -0.15) is 0 Å². The zero-order valence-electron chi connectivity index (χ0n) is 17.4. The van der Waals surface area contributed by atoms with Gasteiger partial charge in [-0.1, -0.05) is 20.8 Å². The van der Waals surface area contributed by atoms with Crippen LogP contribution in [0.3, 0.4) is 0 Å². The van der Waals surface area contributed by atoms with Crippen LogP contribution < -0.4 is 0 Å². The lowest BCUT2D eigenvalue weighted by atomic mass is 9.96. The van der Waals surface area contributed by atoms with Crippen molar-refractivity contribution in [2.24, 2.45) is 5.92 Å². The Morgan fingerprint density at radius 1 is 0.917 bits per heavy atom. The first-order chi connectivity index (χ1) is 11.6. The molecule has 2 aliphatic rings. The maximum Gasteiger partial charge on any atom is 0.0113 e. The summed E-state index contributed by atoms with van der Waals surface area (Å²) in [6.07, 6.45) is 2.81. The van der Waals surface area contributed by atoms with Crippen LogP contribution in [0.15, 0.2) is 0 Å². The molecule has 4 heteroatoms. The standard InChI is InChI=1S/C18H38N4.C2H6/c1-5-19(4)10-11-20-8-6-18(7-9-20)16-21-12-14-22(15-13-21)17(2)3;1-2/h17-18H,5-16H2,1-4H3;1-2H3. The Bertz CT molecular complexity index is 292. The van der Waals surface area contributed by atoms with E-state index in [0.29, 0.717) is 6.04 Å². The Morgan fingerprint density at radius 2 is 1.50 bits per heavy atom. The highest BCUT2D eigenvalue weighted by molar-refractivity contribution is 4.79. The fourth-order valence-corrected chi connectivity index (χ4v) is 3.69. The molecule has 2 saturated heterocycles. The van der Waals surface area contributed by atoms with Crippen LogP contribution in [-0.2, 0) is 0 Å². The van der Waals surface area contributed by atoms with Gasteiger partial charge in [-0.05, 0) is 59.3 Å². The van der Waals surface area contributed by atoms with E-state index in [1.807, 2.05) is 13.8 Å². The molecule has 0 amide bonds. The van der Waals surface area contributed by atoms with E-state index in [0.717, 1.165) is 5.92 Å². The molecule has 24 heavy (non-hydrogen) atoms. The number of likely N-dealkylation sites (tertiary alicyclic amines) is 1. The van der Waals surface area contributed by atoms with E-state index in [-0.39, 0.29) is 0 Å². The van der Waals surface area contributed by atoms with Crippen molar-refractivity contribution in [3.63, 3.8) is 0 Å². The third-order valence-corrected chi connectivity index (χ3v) is 5.70. The molecule has 144 valence electrons. The van der Waals surface area contributed by atoms with E-state index >= 15 is 0 Å². The SMILES string of the molecule is CC.CCN(C)CCN1CCC(CN2CCN(C(C)C)CC2)CC1. The zero-order valence-corrected chi connectivity index (χ0v) is 17.4. The van der Waals surface area contributed by atoms with E-state index in [4.69, 9.17) is 0 Å². The monoisotopic (exact) mass is 340 g/mol. The molecule has 0 spiro atoms. The molecule has 0 aliphatic carbocycles. The fourth-order valence-electron chi connectivity index (χ4n) is 3.69. The summed E-state index contributed by atoms with van der Waals surface area (Å²) in [4.78, 5) is 10.4. The minimum atomic E-state index is 0.714. The lowest BCUT2D eigenvalue weighted by Gasteiger charge is -2.40. The average Bonchev–Trinajstić information content (AvgIpc) is 2.63. The molecule has 2 aliphatic heterocycles. The molecule has 2 rings (SSSR count). The van der Waals surface area contributed by atoms with Crippen molar-refractivity contribution in [2.45, 2.75) is 53.5 Å². The molecule has 0 N–H and O–H groups in total. The van der Waals surface area contributed by atoms with Crippen molar-refractivity contribution < 1.29 is 0 Å². The van der Waals surface area contributed by atoms with Gasteiger partial charge < -0.3 is 14.7 Å². The van der Waals surface area contributed by atoms with Gasteiger partial charge in [0.2, 0.25) is 0 Å². The number of likely N-dealkylation sites (N-methyl/N-ethyl adjacent to an activating group) is 1. The van der Waals surface area contributed by atoms with Crippen LogP contribution >= 0.6 is 0 Å². The molecule has 0 saturated carbocycles. The van der Waals surface area contributed by atoms with Crippen LogP contribution in [0.5, 0.6) is 0 Å². The topological polar surface area (TPSA) is 13.0 Å². The predicted octanol–water partition coefficient (Wildman–Crippen LogP) is 2.70. The molecule has 0 unspecified atom stereocenters. The van der Waals surface area contributed by atoms with Crippen LogP contribution in [0.4, 0.5) is 0 Å². The molecular formula is C20H44N4. The molecule has 0 aromatic rings. The summed E-state index contributed by atoms with van der Waals surface area (Å²) in [5, 5.41) is 0. The minimum Gasteiger partial charge on any atom is -0.305 e. The Hall–Kier alpha value is -0.160. The number of piperazine rings is 1. The van der Waals surface area contributed by atoms with Gasteiger partial charge in [0.1, 0.15) is 0 Å². The van der Waals surface area contributed by atoms with Gasteiger partial charge in [-0.3, -0.25) is 4.90 Å². The van der Waals surface area contributed by atoms with Crippen molar-refractivity contribution in [1.29, 1.82) is 0 Å².